The van der Waals surface area contributed by atoms with Crippen molar-refractivity contribution in [3.05, 3.63) is 17.5 Å². The van der Waals surface area contributed by atoms with Crippen LogP contribution in [0.5, 0.6) is 0 Å². The van der Waals surface area contributed by atoms with Crippen LogP contribution in [0.4, 0.5) is 0 Å². The molecule has 1 heterocycles. The van der Waals surface area contributed by atoms with Crippen LogP contribution in [0.15, 0.2) is 6.07 Å². The zero-order chi connectivity index (χ0) is 10.6. The zero-order valence-electron chi connectivity index (χ0n) is 8.58. The highest BCUT2D eigenvalue weighted by molar-refractivity contribution is 8.13. The van der Waals surface area contributed by atoms with Gasteiger partial charge in [0.25, 0.3) is 0 Å². The third-order valence-corrected chi connectivity index (χ3v) is 2.70. The maximum atomic E-state index is 7.13. The van der Waals surface area contributed by atoms with Gasteiger partial charge in [-0.25, -0.2) is 0 Å². The van der Waals surface area contributed by atoms with E-state index in [4.69, 9.17) is 11.1 Å². The van der Waals surface area contributed by atoms with Crippen molar-refractivity contribution in [3.8, 4) is 0 Å². The van der Waals surface area contributed by atoms with E-state index < -0.39 is 0 Å². The van der Waals surface area contributed by atoms with Gasteiger partial charge in [-0.1, -0.05) is 18.7 Å². The lowest BCUT2D eigenvalue weighted by atomic mass is 10.3. The normalized spacial score (nSPS) is 10.4. The van der Waals surface area contributed by atoms with Crippen LogP contribution in [0.1, 0.15) is 25.2 Å². The van der Waals surface area contributed by atoms with E-state index in [9.17, 15) is 0 Å². The molecule has 0 radical (unpaired) electrons. The molecular weight excluding hydrogens is 196 g/mol. The van der Waals surface area contributed by atoms with E-state index in [2.05, 4.69) is 25.0 Å². The van der Waals surface area contributed by atoms with Crippen LogP contribution in [0.25, 0.3) is 0 Å². The van der Waals surface area contributed by atoms with Gasteiger partial charge in [-0.2, -0.15) is 5.10 Å². The molecule has 1 aromatic heterocycles. The number of hydrogen-bond acceptors (Lipinski definition) is 3. The Morgan fingerprint density at radius 2 is 2.36 bits per heavy atom. The summed E-state index contributed by atoms with van der Waals surface area (Å²) in [6, 6.07) is 2.08. The number of nitrogens with one attached hydrogen (secondary N) is 1. The molecule has 0 amide bonds. The molecule has 0 saturated carbocycles. The van der Waals surface area contributed by atoms with Gasteiger partial charge >= 0.3 is 0 Å². The predicted molar refractivity (Wildman–Crippen MR) is 60.5 cm³/mol. The molecule has 78 valence electrons. The van der Waals surface area contributed by atoms with E-state index in [1.807, 2.05) is 4.68 Å². The minimum atomic E-state index is 0.159. The fraction of sp³-hybridized carbons (Fsp3) is 0.556. The summed E-state index contributed by atoms with van der Waals surface area (Å²) in [5.41, 5.74) is 7.53. The second kappa shape index (κ2) is 5.05. The summed E-state index contributed by atoms with van der Waals surface area (Å²) in [6.07, 6.45) is 0.949. The van der Waals surface area contributed by atoms with Crippen LogP contribution in [0.2, 0.25) is 0 Å². The molecule has 4 nitrogen and oxygen atoms in total. The Labute approximate surface area is 88.4 Å². The van der Waals surface area contributed by atoms with Crippen molar-refractivity contribution in [1.82, 2.24) is 9.78 Å². The highest BCUT2D eigenvalue weighted by atomic mass is 32.2. The molecule has 14 heavy (non-hydrogen) atoms. The molecule has 0 unspecified atom stereocenters. The first-order valence-electron chi connectivity index (χ1n) is 4.69. The van der Waals surface area contributed by atoms with E-state index in [0.717, 1.165) is 30.1 Å². The van der Waals surface area contributed by atoms with E-state index in [-0.39, 0.29) is 5.17 Å². The Hall–Kier alpha value is -0.970. The molecule has 0 aromatic carbocycles. The third kappa shape index (κ3) is 2.77. The molecule has 0 atom stereocenters. The van der Waals surface area contributed by atoms with Gasteiger partial charge in [0.1, 0.15) is 0 Å². The molecule has 0 aliphatic heterocycles. The van der Waals surface area contributed by atoms with E-state index in [1.54, 1.807) is 0 Å². The van der Waals surface area contributed by atoms with Crippen molar-refractivity contribution in [3.63, 3.8) is 0 Å². The summed E-state index contributed by atoms with van der Waals surface area (Å²) in [7, 11) is 0. The second-order valence-electron chi connectivity index (χ2n) is 2.95. The second-order valence-corrected chi connectivity index (χ2v) is 3.97. The van der Waals surface area contributed by atoms with Gasteiger partial charge in [0.05, 0.1) is 5.69 Å². The molecule has 0 saturated heterocycles. The summed E-state index contributed by atoms with van der Waals surface area (Å²) >= 11 is 1.34. The van der Waals surface area contributed by atoms with E-state index >= 15 is 0 Å². The van der Waals surface area contributed by atoms with Crippen molar-refractivity contribution in [2.75, 3.05) is 0 Å². The van der Waals surface area contributed by atoms with Crippen LogP contribution in [0, 0.1) is 5.41 Å². The van der Waals surface area contributed by atoms with Gasteiger partial charge < -0.3 is 5.73 Å². The quantitative estimate of drug-likeness (QED) is 0.588. The smallest absolute Gasteiger partial charge is 0.151 e. The Morgan fingerprint density at radius 1 is 1.64 bits per heavy atom. The van der Waals surface area contributed by atoms with Gasteiger partial charge in [-0.05, 0) is 19.4 Å². The monoisotopic (exact) mass is 212 g/mol. The first kappa shape index (κ1) is 11.1. The van der Waals surface area contributed by atoms with Crippen LogP contribution in [-0.4, -0.2) is 14.9 Å². The Bertz CT molecular complexity index is 319. The summed E-state index contributed by atoms with van der Waals surface area (Å²) in [4.78, 5) is 0. The Kier molecular flexibility index (Phi) is 4.00. The molecule has 1 aromatic rings. The molecular formula is C9H16N4S. The summed E-state index contributed by atoms with van der Waals surface area (Å²) < 4.78 is 1.97. The van der Waals surface area contributed by atoms with Crippen LogP contribution in [0.3, 0.4) is 0 Å². The first-order chi connectivity index (χ1) is 6.67. The number of rotatable bonds is 4. The zero-order valence-corrected chi connectivity index (χ0v) is 9.40. The molecule has 3 N–H and O–H groups in total. The van der Waals surface area contributed by atoms with Gasteiger partial charge in [-0.15, -0.1) is 0 Å². The standard InChI is InChI=1S/C9H16N4S/c1-3-7-5-8(6-14-9(10)11)13(4-2)12-7/h5H,3-4,6H2,1-2H3,(H3,10,11). The minimum absolute atomic E-state index is 0.159. The first-order valence-corrected chi connectivity index (χ1v) is 5.68. The number of aryl methyl sites for hydroxylation is 2. The number of thioether (sulfide) groups is 1. The summed E-state index contributed by atoms with van der Waals surface area (Å²) in [6.45, 7) is 5.02. The lowest BCUT2D eigenvalue weighted by molar-refractivity contribution is 0.628. The minimum Gasteiger partial charge on any atom is -0.379 e. The number of amidine groups is 1. The van der Waals surface area contributed by atoms with Gasteiger partial charge in [0, 0.05) is 18.0 Å². The number of nitrogens with two attached hydrogens (primary N) is 1. The average molecular weight is 212 g/mol. The molecule has 5 heteroatoms. The topological polar surface area (TPSA) is 67.7 Å². The lowest BCUT2D eigenvalue weighted by Crippen LogP contribution is -2.06. The fourth-order valence-corrected chi connectivity index (χ4v) is 1.77. The van der Waals surface area contributed by atoms with Crippen LogP contribution in [-0.2, 0) is 18.7 Å². The number of aromatic nitrogens is 2. The fourth-order valence-electron chi connectivity index (χ4n) is 1.23. The third-order valence-electron chi connectivity index (χ3n) is 1.95. The number of hydrogen-bond donors (Lipinski definition) is 2. The van der Waals surface area contributed by atoms with E-state index in [1.165, 1.54) is 11.8 Å². The number of nitrogens with zero attached hydrogens (tertiary/aromatic N) is 2. The predicted octanol–water partition coefficient (Wildman–Crippen LogP) is 1.59. The summed E-state index contributed by atoms with van der Waals surface area (Å²) in [5.74, 6) is 0.732. The Morgan fingerprint density at radius 3 is 2.86 bits per heavy atom. The summed E-state index contributed by atoms with van der Waals surface area (Å²) in [5, 5.41) is 11.7. The van der Waals surface area contributed by atoms with Gasteiger partial charge in [0.2, 0.25) is 0 Å². The maximum absolute atomic E-state index is 7.13. The molecule has 0 aliphatic rings. The maximum Gasteiger partial charge on any atom is 0.151 e. The molecule has 0 fully saturated rings. The van der Waals surface area contributed by atoms with Crippen molar-refractivity contribution in [2.24, 2.45) is 5.73 Å². The van der Waals surface area contributed by atoms with Crippen LogP contribution < -0.4 is 5.73 Å². The van der Waals surface area contributed by atoms with Crippen molar-refractivity contribution >= 4 is 16.9 Å². The molecule has 0 spiro atoms. The van der Waals surface area contributed by atoms with Crippen molar-refractivity contribution in [2.45, 2.75) is 32.6 Å². The highest BCUT2D eigenvalue weighted by Crippen LogP contribution is 2.13. The van der Waals surface area contributed by atoms with Crippen LogP contribution >= 0.6 is 11.8 Å². The SMILES string of the molecule is CCc1cc(CSC(=N)N)n(CC)n1. The molecule has 1 rings (SSSR count). The Balaban J connectivity index is 2.73. The van der Waals surface area contributed by atoms with Crippen molar-refractivity contribution < 1.29 is 0 Å². The average Bonchev–Trinajstić information content (AvgIpc) is 2.57. The van der Waals surface area contributed by atoms with Gasteiger partial charge in [0.15, 0.2) is 5.17 Å². The van der Waals surface area contributed by atoms with E-state index in [0.29, 0.717) is 0 Å². The largest absolute Gasteiger partial charge is 0.379 e. The molecule has 0 aliphatic carbocycles. The lowest BCUT2D eigenvalue weighted by Gasteiger charge is -2.02. The highest BCUT2D eigenvalue weighted by Gasteiger charge is 2.05. The van der Waals surface area contributed by atoms with Crippen molar-refractivity contribution in [1.29, 1.82) is 5.41 Å². The van der Waals surface area contributed by atoms with Gasteiger partial charge in [-0.3, -0.25) is 10.1 Å². The molecule has 0 bridgehead atoms.